The molecule has 0 fully saturated rings. The van der Waals surface area contributed by atoms with Crippen LogP contribution in [0.2, 0.25) is 0 Å². The molecule has 0 atom stereocenters. The van der Waals surface area contributed by atoms with Crippen LogP contribution in [-0.2, 0) is 0 Å². The van der Waals surface area contributed by atoms with E-state index in [0.29, 0.717) is 0 Å². The van der Waals surface area contributed by atoms with Crippen LogP contribution in [0.4, 0.5) is 0 Å². The average Bonchev–Trinajstić information content (AvgIpc) is 1.80. The molecule has 45 valence electrons. The molecule has 9 heavy (non-hydrogen) atoms. The standard InChI is InChI=1S/C6H3I2.Sn/c7-5-3-1-2-4-6(5)8;/h1,3-4H;. The molecule has 1 aromatic rings. The third-order valence-corrected chi connectivity index (χ3v) is 4.67. The van der Waals surface area contributed by atoms with Gasteiger partial charge in [-0.2, -0.15) is 0 Å². The fourth-order valence-electron chi connectivity index (χ4n) is 0.496. The van der Waals surface area contributed by atoms with Crippen molar-refractivity contribution in [2.24, 2.45) is 0 Å². The van der Waals surface area contributed by atoms with E-state index in [1.165, 1.54) is 33.2 Å². The van der Waals surface area contributed by atoms with Crippen LogP contribution in [0.25, 0.3) is 0 Å². The zero-order valence-electron chi connectivity index (χ0n) is 4.49. The molecule has 1 rings (SSSR count). The molecule has 0 spiro atoms. The van der Waals surface area contributed by atoms with Gasteiger partial charge in [0.25, 0.3) is 0 Å². The fraction of sp³-hybridized carbons (Fsp3) is 0. The second-order valence-electron chi connectivity index (χ2n) is 1.63. The van der Waals surface area contributed by atoms with Crippen molar-refractivity contribution in [1.29, 1.82) is 0 Å². The summed E-state index contributed by atoms with van der Waals surface area (Å²) in [6.07, 6.45) is 0. The quantitative estimate of drug-likeness (QED) is 0.420. The molecule has 0 saturated heterocycles. The second kappa shape index (κ2) is 3.75. The molecule has 0 aliphatic heterocycles. The van der Waals surface area contributed by atoms with E-state index in [0.717, 1.165) is 0 Å². The molecular weight excluding hydrogens is 445 g/mol. The van der Waals surface area contributed by atoms with Gasteiger partial charge in [-0.3, -0.25) is 0 Å². The number of rotatable bonds is 0. The summed E-state index contributed by atoms with van der Waals surface area (Å²) < 4.78 is 4.13. The number of benzene rings is 1. The first-order valence-electron chi connectivity index (χ1n) is 2.37. The maximum absolute atomic E-state index is 2.36. The van der Waals surface area contributed by atoms with Crippen LogP contribution in [0.3, 0.4) is 0 Å². The fourth-order valence-corrected chi connectivity index (χ4v) is 2.84. The van der Waals surface area contributed by atoms with Crippen molar-refractivity contribution in [3.05, 3.63) is 25.3 Å². The first-order chi connectivity index (χ1) is 4.20. The van der Waals surface area contributed by atoms with Crippen LogP contribution in [0.15, 0.2) is 18.2 Å². The number of hydrogen-bond donors (Lipinski definition) is 0. The topological polar surface area (TPSA) is 0 Å². The molecule has 0 aliphatic rings. The molecule has 0 heterocycles. The third-order valence-electron chi connectivity index (χ3n) is 0.920. The summed E-state index contributed by atoms with van der Waals surface area (Å²) in [5, 5.41) is 0. The average molecular weight is 448 g/mol. The Hall–Kier alpha value is 1.48. The summed E-state index contributed by atoms with van der Waals surface area (Å²) in [5.74, 6) is 0. The van der Waals surface area contributed by atoms with Crippen molar-refractivity contribution in [3.8, 4) is 0 Å². The monoisotopic (exact) mass is 449 g/mol. The van der Waals surface area contributed by atoms with Crippen LogP contribution in [0.1, 0.15) is 0 Å². The summed E-state index contributed by atoms with van der Waals surface area (Å²) in [7, 11) is 0. The van der Waals surface area contributed by atoms with Gasteiger partial charge < -0.3 is 0 Å². The Kier molecular flexibility index (Phi) is 3.57. The van der Waals surface area contributed by atoms with Crippen molar-refractivity contribution < 1.29 is 0 Å². The minimum atomic E-state index is 1.35. The second-order valence-corrected chi connectivity index (χ2v) is 5.60. The van der Waals surface area contributed by atoms with Crippen LogP contribution < -0.4 is 3.58 Å². The van der Waals surface area contributed by atoms with E-state index in [-0.39, 0.29) is 0 Å². The van der Waals surface area contributed by atoms with Gasteiger partial charge in [0.15, 0.2) is 0 Å². The van der Waals surface area contributed by atoms with Crippen molar-refractivity contribution in [1.82, 2.24) is 0 Å². The third kappa shape index (κ3) is 2.53. The Labute approximate surface area is 95.2 Å². The zero-order chi connectivity index (χ0) is 6.85. The van der Waals surface area contributed by atoms with E-state index >= 15 is 0 Å². The molecule has 0 N–H and O–H groups in total. The van der Waals surface area contributed by atoms with E-state index in [1.807, 2.05) is 0 Å². The normalized spacial score (nSPS) is 9.67. The van der Waals surface area contributed by atoms with Gasteiger partial charge in [-0.15, -0.1) is 0 Å². The van der Waals surface area contributed by atoms with Crippen molar-refractivity contribution in [3.63, 3.8) is 0 Å². The molecular formula is C6H3I2Sn. The van der Waals surface area contributed by atoms with Crippen LogP contribution in [0.5, 0.6) is 0 Å². The van der Waals surface area contributed by atoms with Gasteiger partial charge >= 0.3 is 96.6 Å². The Morgan fingerprint density at radius 1 is 1.11 bits per heavy atom. The summed E-state index contributed by atoms with van der Waals surface area (Å²) in [6, 6.07) is 6.55. The van der Waals surface area contributed by atoms with E-state index in [4.69, 9.17) is 0 Å². The van der Waals surface area contributed by atoms with Gasteiger partial charge in [0, 0.05) is 0 Å². The molecule has 0 amide bonds. The summed E-state index contributed by atoms with van der Waals surface area (Å²) >= 11 is 6.20. The molecule has 3 heteroatoms. The van der Waals surface area contributed by atoms with Crippen LogP contribution in [0, 0.1) is 7.14 Å². The van der Waals surface area contributed by atoms with Gasteiger partial charge in [0.2, 0.25) is 0 Å². The van der Waals surface area contributed by atoms with Gasteiger partial charge in [-0.1, -0.05) is 0 Å². The number of hydrogen-bond acceptors (Lipinski definition) is 0. The first kappa shape index (κ1) is 8.57. The Morgan fingerprint density at radius 3 is 2.22 bits per heavy atom. The van der Waals surface area contributed by atoms with Gasteiger partial charge in [-0.05, 0) is 0 Å². The molecule has 0 unspecified atom stereocenters. The van der Waals surface area contributed by atoms with E-state index in [1.54, 1.807) is 0 Å². The molecule has 0 nitrogen and oxygen atoms in total. The van der Waals surface area contributed by atoms with Gasteiger partial charge in [-0.25, -0.2) is 0 Å². The number of halogens is 2. The summed E-state index contributed by atoms with van der Waals surface area (Å²) in [6.45, 7) is 0. The first-order valence-corrected chi connectivity index (χ1v) is 5.95. The van der Waals surface area contributed by atoms with Crippen molar-refractivity contribution in [2.45, 2.75) is 0 Å². The Balaban J connectivity index is 3.17. The molecule has 0 saturated carbocycles. The molecule has 0 aliphatic carbocycles. The van der Waals surface area contributed by atoms with E-state index in [2.05, 4.69) is 63.4 Å². The van der Waals surface area contributed by atoms with Crippen LogP contribution >= 0.6 is 45.2 Å². The van der Waals surface area contributed by atoms with Crippen molar-refractivity contribution in [2.75, 3.05) is 0 Å². The summed E-state index contributed by atoms with van der Waals surface area (Å²) in [4.78, 5) is 0. The minimum absolute atomic E-state index is 1.35. The van der Waals surface area contributed by atoms with Crippen LogP contribution in [-0.4, -0.2) is 22.5 Å². The zero-order valence-corrected chi connectivity index (χ0v) is 11.7. The van der Waals surface area contributed by atoms with E-state index < -0.39 is 0 Å². The summed E-state index contributed by atoms with van der Waals surface area (Å²) in [5.41, 5.74) is 0. The Bertz CT molecular complexity index is 222. The van der Waals surface area contributed by atoms with E-state index in [9.17, 15) is 0 Å². The predicted octanol–water partition coefficient (Wildman–Crippen LogP) is 1.69. The predicted molar refractivity (Wildman–Crippen MR) is 57.3 cm³/mol. The van der Waals surface area contributed by atoms with Gasteiger partial charge in [0.05, 0.1) is 0 Å². The maximum atomic E-state index is 2.36. The van der Waals surface area contributed by atoms with Crippen molar-refractivity contribution >= 4 is 71.3 Å². The van der Waals surface area contributed by atoms with Gasteiger partial charge in [0.1, 0.15) is 0 Å². The molecule has 0 aromatic heterocycles. The SMILES string of the molecule is [Sn][c]1ccc(I)c(I)c1. The molecule has 3 radical (unpaired) electrons. The Morgan fingerprint density at radius 2 is 1.78 bits per heavy atom. The molecule has 0 bridgehead atoms. The molecule has 1 aromatic carbocycles.